The van der Waals surface area contributed by atoms with E-state index in [0.717, 1.165) is 47.4 Å². The predicted molar refractivity (Wildman–Crippen MR) is 130 cm³/mol. The lowest BCUT2D eigenvalue weighted by Crippen LogP contribution is -2.51. The highest BCUT2D eigenvalue weighted by Crippen LogP contribution is 2.32. The number of aromatic nitrogens is 2. The molecule has 0 bridgehead atoms. The van der Waals surface area contributed by atoms with E-state index < -0.39 is 11.7 Å². The molecule has 0 saturated carbocycles. The second kappa shape index (κ2) is 10.1. The number of nitrogens with one attached hydrogen (secondary N) is 1. The summed E-state index contributed by atoms with van der Waals surface area (Å²) < 4.78 is 38.5. The van der Waals surface area contributed by atoms with Crippen LogP contribution in [0.1, 0.15) is 46.8 Å². The summed E-state index contributed by atoms with van der Waals surface area (Å²) in [6.45, 7) is 7.09. The number of carbonyl (C=O) groups excluding carboxylic acids is 1. The van der Waals surface area contributed by atoms with E-state index in [2.05, 4.69) is 22.2 Å². The highest BCUT2D eigenvalue weighted by Gasteiger charge is 2.34. The lowest BCUT2D eigenvalue weighted by molar-refractivity contribution is -0.137. The van der Waals surface area contributed by atoms with Gasteiger partial charge in [0.15, 0.2) is 0 Å². The molecular weight excluding hydrogens is 453 g/mol. The van der Waals surface area contributed by atoms with Crippen LogP contribution in [0, 0.1) is 19.8 Å². The molecule has 0 aliphatic carbocycles. The van der Waals surface area contributed by atoms with Crippen molar-refractivity contribution in [3.05, 3.63) is 77.2 Å². The van der Waals surface area contributed by atoms with E-state index in [9.17, 15) is 18.0 Å². The number of halogens is 3. The molecule has 1 aromatic carbocycles. The standard InChI is InChI=1S/C27H29F3N4O/c1-17-6-8-21(23-15-31-11-10-18(23)2)22(13-17)26(35)34-12-4-5-19(3)24(34)16-33-25-9-7-20(14-32-25)27(28,29)30/h6-11,13-15,19,24H,4-5,12,16H2,1-3H3,(H,32,33). The molecule has 184 valence electrons. The van der Waals surface area contributed by atoms with Crippen molar-refractivity contribution in [3.8, 4) is 11.1 Å². The fourth-order valence-corrected chi connectivity index (χ4v) is 4.66. The van der Waals surface area contributed by atoms with Gasteiger partial charge in [-0.2, -0.15) is 13.2 Å². The summed E-state index contributed by atoms with van der Waals surface area (Å²) in [5.74, 6) is 0.527. The SMILES string of the molecule is Cc1ccc(-c2cnccc2C)c(C(=O)N2CCCC(C)C2CNc2ccc(C(F)(F)F)cn2)c1. The van der Waals surface area contributed by atoms with Crippen molar-refractivity contribution in [2.75, 3.05) is 18.4 Å². The third kappa shape index (κ3) is 5.47. The summed E-state index contributed by atoms with van der Waals surface area (Å²) >= 11 is 0. The van der Waals surface area contributed by atoms with Crippen molar-refractivity contribution in [1.82, 2.24) is 14.9 Å². The molecule has 0 radical (unpaired) electrons. The van der Waals surface area contributed by atoms with Crippen LogP contribution >= 0.6 is 0 Å². The lowest BCUT2D eigenvalue weighted by Gasteiger charge is -2.40. The number of likely N-dealkylation sites (tertiary alicyclic amines) is 1. The number of alkyl halides is 3. The van der Waals surface area contributed by atoms with Gasteiger partial charge < -0.3 is 10.2 Å². The third-order valence-corrected chi connectivity index (χ3v) is 6.69. The van der Waals surface area contributed by atoms with Crippen LogP contribution in [0.25, 0.3) is 11.1 Å². The summed E-state index contributed by atoms with van der Waals surface area (Å²) in [6, 6.07) is 10.0. The van der Waals surface area contributed by atoms with Gasteiger partial charge in [-0.1, -0.05) is 24.6 Å². The minimum atomic E-state index is -4.43. The topological polar surface area (TPSA) is 58.1 Å². The Morgan fingerprint density at radius 1 is 1.11 bits per heavy atom. The number of amides is 1. The van der Waals surface area contributed by atoms with Gasteiger partial charge in [0.2, 0.25) is 0 Å². The smallest absolute Gasteiger partial charge is 0.368 e. The Morgan fingerprint density at radius 3 is 2.60 bits per heavy atom. The normalized spacial score (nSPS) is 18.4. The van der Waals surface area contributed by atoms with Crippen LogP contribution in [-0.2, 0) is 6.18 Å². The van der Waals surface area contributed by atoms with Crippen molar-refractivity contribution >= 4 is 11.7 Å². The fraction of sp³-hybridized carbons (Fsp3) is 0.370. The Morgan fingerprint density at radius 2 is 1.91 bits per heavy atom. The number of nitrogens with zero attached hydrogens (tertiary/aromatic N) is 3. The van der Waals surface area contributed by atoms with Gasteiger partial charge in [0.1, 0.15) is 5.82 Å². The summed E-state index contributed by atoms with van der Waals surface area (Å²) in [7, 11) is 0. The average molecular weight is 483 g/mol. The summed E-state index contributed by atoms with van der Waals surface area (Å²) in [5.41, 5.74) is 3.64. The van der Waals surface area contributed by atoms with E-state index in [4.69, 9.17) is 0 Å². The van der Waals surface area contributed by atoms with Gasteiger partial charge in [0, 0.05) is 42.8 Å². The average Bonchev–Trinajstić information content (AvgIpc) is 2.83. The van der Waals surface area contributed by atoms with Crippen molar-refractivity contribution in [3.63, 3.8) is 0 Å². The van der Waals surface area contributed by atoms with E-state index in [-0.39, 0.29) is 17.9 Å². The molecule has 2 unspecified atom stereocenters. The third-order valence-electron chi connectivity index (χ3n) is 6.69. The van der Waals surface area contributed by atoms with Crippen LogP contribution in [-0.4, -0.2) is 39.9 Å². The Kier molecular flexibility index (Phi) is 7.10. The molecule has 3 heterocycles. The number of aryl methyl sites for hydroxylation is 2. The second-order valence-corrected chi connectivity index (χ2v) is 9.24. The lowest BCUT2D eigenvalue weighted by atomic mass is 9.88. The molecule has 1 aliphatic heterocycles. The van der Waals surface area contributed by atoms with Crippen molar-refractivity contribution in [1.29, 1.82) is 0 Å². The number of rotatable bonds is 5. The van der Waals surface area contributed by atoms with Crippen molar-refractivity contribution in [2.24, 2.45) is 5.92 Å². The second-order valence-electron chi connectivity index (χ2n) is 9.24. The zero-order chi connectivity index (χ0) is 25.2. The highest BCUT2D eigenvalue weighted by atomic mass is 19.4. The number of anilines is 1. The minimum absolute atomic E-state index is 0.0503. The number of benzene rings is 1. The van der Waals surface area contributed by atoms with Crippen LogP contribution in [0.3, 0.4) is 0 Å². The van der Waals surface area contributed by atoms with Gasteiger partial charge in [-0.25, -0.2) is 4.98 Å². The monoisotopic (exact) mass is 482 g/mol. The molecule has 1 aliphatic rings. The Balaban J connectivity index is 1.59. The molecule has 5 nitrogen and oxygen atoms in total. The molecule has 1 amide bonds. The number of piperidine rings is 1. The molecular formula is C27H29F3N4O. The van der Waals surface area contributed by atoms with Crippen LogP contribution in [0.4, 0.5) is 19.0 Å². The predicted octanol–water partition coefficient (Wildman–Crippen LogP) is 6.13. The van der Waals surface area contributed by atoms with Gasteiger partial charge in [-0.3, -0.25) is 9.78 Å². The summed E-state index contributed by atoms with van der Waals surface area (Å²) in [6.07, 6.45) is 1.78. The summed E-state index contributed by atoms with van der Waals surface area (Å²) in [4.78, 5) is 24.0. The molecule has 1 saturated heterocycles. The van der Waals surface area contributed by atoms with Gasteiger partial charge in [0.25, 0.3) is 5.91 Å². The number of hydrogen-bond donors (Lipinski definition) is 1. The van der Waals surface area contributed by atoms with E-state index in [1.165, 1.54) is 6.07 Å². The first kappa shape index (κ1) is 24.7. The highest BCUT2D eigenvalue weighted by molar-refractivity contribution is 6.01. The zero-order valence-corrected chi connectivity index (χ0v) is 20.1. The zero-order valence-electron chi connectivity index (χ0n) is 20.1. The number of hydrogen-bond acceptors (Lipinski definition) is 4. The maximum atomic E-state index is 13.9. The number of pyridine rings is 2. The first-order valence-corrected chi connectivity index (χ1v) is 11.7. The van der Waals surface area contributed by atoms with Crippen LogP contribution in [0.15, 0.2) is 55.0 Å². The van der Waals surface area contributed by atoms with Crippen LogP contribution < -0.4 is 5.32 Å². The van der Waals surface area contributed by atoms with Crippen molar-refractivity contribution in [2.45, 2.75) is 45.8 Å². The van der Waals surface area contributed by atoms with Gasteiger partial charge in [-0.05, 0) is 68.0 Å². The molecule has 8 heteroatoms. The molecule has 1 N–H and O–H groups in total. The van der Waals surface area contributed by atoms with E-state index >= 15 is 0 Å². The van der Waals surface area contributed by atoms with Gasteiger partial charge in [-0.15, -0.1) is 0 Å². The maximum Gasteiger partial charge on any atom is 0.417 e. The van der Waals surface area contributed by atoms with E-state index in [1.807, 2.05) is 43.0 Å². The quantitative estimate of drug-likeness (QED) is 0.475. The maximum absolute atomic E-state index is 13.9. The molecule has 3 aromatic rings. The number of carbonyl (C=O) groups is 1. The molecule has 4 rings (SSSR count). The minimum Gasteiger partial charge on any atom is -0.368 e. The Labute approximate surface area is 203 Å². The van der Waals surface area contributed by atoms with E-state index in [0.29, 0.717) is 24.5 Å². The fourth-order valence-electron chi connectivity index (χ4n) is 4.66. The van der Waals surface area contributed by atoms with Crippen LogP contribution in [0.5, 0.6) is 0 Å². The molecule has 35 heavy (non-hydrogen) atoms. The first-order valence-electron chi connectivity index (χ1n) is 11.7. The molecule has 2 aromatic heterocycles. The van der Waals surface area contributed by atoms with Gasteiger partial charge in [0.05, 0.1) is 11.6 Å². The van der Waals surface area contributed by atoms with E-state index in [1.54, 1.807) is 12.4 Å². The first-order chi connectivity index (χ1) is 16.6. The van der Waals surface area contributed by atoms with Gasteiger partial charge >= 0.3 is 6.18 Å². The van der Waals surface area contributed by atoms with Crippen LogP contribution in [0.2, 0.25) is 0 Å². The largest absolute Gasteiger partial charge is 0.417 e. The Bertz CT molecular complexity index is 1190. The van der Waals surface area contributed by atoms with Crippen molar-refractivity contribution < 1.29 is 18.0 Å². The molecule has 2 atom stereocenters. The molecule has 0 spiro atoms. The molecule has 1 fully saturated rings. The summed E-state index contributed by atoms with van der Waals surface area (Å²) in [5, 5.41) is 3.14. The Hall–Kier alpha value is -3.42.